The fourth-order valence-electron chi connectivity index (χ4n) is 1.53. The van der Waals surface area contributed by atoms with Crippen LogP contribution in [0.1, 0.15) is 0 Å². The molecule has 0 aliphatic heterocycles. The molecule has 0 N–H and O–H groups in total. The summed E-state index contributed by atoms with van der Waals surface area (Å²) in [7, 11) is 0. The molecule has 1 aromatic carbocycles. The second kappa shape index (κ2) is 3.68. The van der Waals surface area contributed by atoms with Crippen molar-refractivity contribution < 1.29 is 4.52 Å². The lowest BCUT2D eigenvalue weighted by molar-refractivity contribution is 0.426. The number of benzene rings is 1. The molecular formula is C11H6BrN3O. The Morgan fingerprint density at radius 3 is 2.94 bits per heavy atom. The van der Waals surface area contributed by atoms with E-state index in [2.05, 4.69) is 31.1 Å². The number of hydrogen-bond acceptors (Lipinski definition) is 4. The third kappa shape index (κ3) is 1.59. The Labute approximate surface area is 99.4 Å². The molecule has 0 fully saturated rings. The highest BCUT2D eigenvalue weighted by molar-refractivity contribution is 9.10. The van der Waals surface area contributed by atoms with Gasteiger partial charge in [0.2, 0.25) is 4.73 Å². The maximum Gasteiger partial charge on any atom is 0.258 e. The van der Waals surface area contributed by atoms with E-state index in [-0.39, 0.29) is 0 Å². The molecule has 0 saturated heterocycles. The second-order valence-electron chi connectivity index (χ2n) is 3.28. The topological polar surface area (TPSA) is 51.8 Å². The Bertz CT molecular complexity index is 650. The largest absolute Gasteiger partial charge is 0.333 e. The van der Waals surface area contributed by atoms with Gasteiger partial charge in [-0.1, -0.05) is 6.07 Å². The fourth-order valence-corrected chi connectivity index (χ4v) is 1.76. The normalized spacial score (nSPS) is 10.8. The minimum absolute atomic E-state index is 0.453. The van der Waals surface area contributed by atoms with E-state index in [9.17, 15) is 0 Å². The van der Waals surface area contributed by atoms with E-state index in [4.69, 9.17) is 4.52 Å². The monoisotopic (exact) mass is 275 g/mol. The Balaban J connectivity index is 2.18. The Morgan fingerprint density at radius 2 is 2.12 bits per heavy atom. The van der Waals surface area contributed by atoms with Crippen LogP contribution >= 0.6 is 15.9 Å². The summed E-state index contributed by atoms with van der Waals surface area (Å²) in [4.78, 5) is 8.35. The Morgan fingerprint density at radius 1 is 1.19 bits per heavy atom. The molecule has 0 radical (unpaired) electrons. The molecule has 0 aliphatic carbocycles. The maximum atomic E-state index is 5.07. The summed E-state index contributed by atoms with van der Waals surface area (Å²) >= 11 is 3.15. The van der Waals surface area contributed by atoms with Crippen LogP contribution in [0.3, 0.4) is 0 Å². The number of pyridine rings is 1. The molecule has 3 rings (SSSR count). The SMILES string of the molecule is Brc1noc(-c2ccc3ncccc3c2)n1. The van der Waals surface area contributed by atoms with Crippen LogP contribution in [0.4, 0.5) is 0 Å². The third-order valence-corrected chi connectivity index (χ3v) is 2.57. The standard InChI is InChI=1S/C11H6BrN3O/c12-11-14-10(16-15-11)8-3-4-9-7(6-8)2-1-5-13-9/h1-6H. The van der Waals surface area contributed by atoms with Gasteiger partial charge in [0.15, 0.2) is 0 Å². The van der Waals surface area contributed by atoms with Gasteiger partial charge in [-0.2, -0.15) is 4.98 Å². The van der Waals surface area contributed by atoms with Crippen LogP contribution in [0, 0.1) is 0 Å². The zero-order chi connectivity index (χ0) is 11.0. The average molecular weight is 276 g/mol. The molecule has 5 heteroatoms. The van der Waals surface area contributed by atoms with Crippen molar-refractivity contribution in [3.63, 3.8) is 0 Å². The lowest BCUT2D eigenvalue weighted by atomic mass is 10.1. The Hall–Kier alpha value is -1.75. The first-order valence-electron chi connectivity index (χ1n) is 4.67. The Kier molecular flexibility index (Phi) is 2.18. The summed E-state index contributed by atoms with van der Waals surface area (Å²) in [5.74, 6) is 0.498. The van der Waals surface area contributed by atoms with Gasteiger partial charge in [0, 0.05) is 17.1 Å². The van der Waals surface area contributed by atoms with E-state index in [1.807, 2.05) is 30.3 Å². The number of halogens is 1. The summed E-state index contributed by atoms with van der Waals surface area (Å²) in [5.41, 5.74) is 1.84. The van der Waals surface area contributed by atoms with Crippen LogP contribution in [0.25, 0.3) is 22.4 Å². The molecule has 16 heavy (non-hydrogen) atoms. The van der Waals surface area contributed by atoms with E-state index < -0.39 is 0 Å². The average Bonchev–Trinajstić information content (AvgIpc) is 2.75. The molecule has 0 unspecified atom stereocenters. The summed E-state index contributed by atoms with van der Waals surface area (Å²) in [6.45, 7) is 0. The van der Waals surface area contributed by atoms with Crippen molar-refractivity contribution in [2.45, 2.75) is 0 Å². The highest BCUT2D eigenvalue weighted by Crippen LogP contribution is 2.22. The van der Waals surface area contributed by atoms with Gasteiger partial charge in [-0.3, -0.25) is 4.98 Å². The van der Waals surface area contributed by atoms with Crippen molar-refractivity contribution in [3.8, 4) is 11.5 Å². The third-order valence-electron chi connectivity index (χ3n) is 2.25. The van der Waals surface area contributed by atoms with Crippen molar-refractivity contribution >= 4 is 26.8 Å². The molecule has 0 spiro atoms. The smallest absolute Gasteiger partial charge is 0.258 e. The van der Waals surface area contributed by atoms with Gasteiger partial charge in [0.25, 0.3) is 5.89 Å². The van der Waals surface area contributed by atoms with E-state index in [1.54, 1.807) is 6.20 Å². The summed E-state index contributed by atoms with van der Waals surface area (Å²) in [5, 5.41) is 4.74. The summed E-state index contributed by atoms with van der Waals surface area (Å²) in [6, 6.07) is 9.72. The molecule has 2 aromatic heterocycles. The zero-order valence-electron chi connectivity index (χ0n) is 8.09. The highest BCUT2D eigenvalue weighted by atomic mass is 79.9. The number of aromatic nitrogens is 3. The number of nitrogens with zero attached hydrogens (tertiary/aromatic N) is 3. The van der Waals surface area contributed by atoms with Crippen molar-refractivity contribution in [1.82, 2.24) is 15.1 Å². The first-order chi connectivity index (χ1) is 7.83. The van der Waals surface area contributed by atoms with Gasteiger partial charge >= 0.3 is 0 Å². The minimum atomic E-state index is 0.453. The maximum absolute atomic E-state index is 5.07. The fraction of sp³-hybridized carbons (Fsp3) is 0. The van der Waals surface area contributed by atoms with E-state index >= 15 is 0 Å². The molecule has 78 valence electrons. The van der Waals surface area contributed by atoms with Crippen molar-refractivity contribution in [2.24, 2.45) is 0 Å². The lowest BCUT2D eigenvalue weighted by Gasteiger charge is -1.97. The molecule has 2 heterocycles. The number of rotatable bonds is 1. The van der Waals surface area contributed by atoms with Gasteiger partial charge in [-0.05, 0) is 45.4 Å². The van der Waals surface area contributed by atoms with E-state index in [1.165, 1.54) is 0 Å². The molecule has 0 aliphatic rings. The lowest BCUT2D eigenvalue weighted by Crippen LogP contribution is -1.80. The van der Waals surface area contributed by atoms with Crippen LogP contribution < -0.4 is 0 Å². The minimum Gasteiger partial charge on any atom is -0.333 e. The van der Waals surface area contributed by atoms with Crippen molar-refractivity contribution in [1.29, 1.82) is 0 Å². The molecule has 0 atom stereocenters. The predicted octanol–water partition coefficient (Wildman–Crippen LogP) is 3.05. The van der Waals surface area contributed by atoms with Crippen LogP contribution in [0.15, 0.2) is 45.8 Å². The van der Waals surface area contributed by atoms with Gasteiger partial charge in [0.1, 0.15) is 0 Å². The quantitative estimate of drug-likeness (QED) is 0.685. The molecule has 0 bridgehead atoms. The van der Waals surface area contributed by atoms with Crippen LogP contribution in [0.2, 0.25) is 0 Å². The predicted molar refractivity (Wildman–Crippen MR) is 62.7 cm³/mol. The number of fused-ring (bicyclic) bond motifs is 1. The molecular weight excluding hydrogens is 270 g/mol. The van der Waals surface area contributed by atoms with Crippen LogP contribution in [0.5, 0.6) is 0 Å². The van der Waals surface area contributed by atoms with Gasteiger partial charge in [-0.15, -0.1) is 0 Å². The first kappa shape index (κ1) is 9.47. The molecule has 3 aromatic rings. The van der Waals surface area contributed by atoms with E-state index in [0.717, 1.165) is 16.5 Å². The highest BCUT2D eigenvalue weighted by Gasteiger charge is 2.07. The first-order valence-corrected chi connectivity index (χ1v) is 5.46. The van der Waals surface area contributed by atoms with Crippen molar-refractivity contribution in [2.75, 3.05) is 0 Å². The van der Waals surface area contributed by atoms with Crippen LogP contribution in [-0.2, 0) is 0 Å². The molecule has 0 amide bonds. The number of hydrogen-bond donors (Lipinski definition) is 0. The van der Waals surface area contributed by atoms with Gasteiger partial charge in [-0.25, -0.2) is 0 Å². The molecule has 4 nitrogen and oxygen atoms in total. The summed E-state index contributed by atoms with van der Waals surface area (Å²) in [6.07, 6.45) is 1.77. The summed E-state index contributed by atoms with van der Waals surface area (Å²) < 4.78 is 5.52. The van der Waals surface area contributed by atoms with Crippen LogP contribution in [-0.4, -0.2) is 15.1 Å². The van der Waals surface area contributed by atoms with Gasteiger partial charge in [0.05, 0.1) is 5.52 Å². The molecule has 0 saturated carbocycles. The van der Waals surface area contributed by atoms with Gasteiger partial charge < -0.3 is 4.52 Å². The zero-order valence-corrected chi connectivity index (χ0v) is 9.68. The second-order valence-corrected chi connectivity index (χ2v) is 3.99. The van der Waals surface area contributed by atoms with E-state index in [0.29, 0.717) is 10.6 Å². The van der Waals surface area contributed by atoms with Crippen molar-refractivity contribution in [3.05, 3.63) is 41.3 Å².